The van der Waals surface area contributed by atoms with E-state index in [0.717, 1.165) is 6.42 Å². The van der Waals surface area contributed by atoms with Crippen LogP contribution in [0.3, 0.4) is 0 Å². The molecular weight excluding hydrogens is 246 g/mol. The molecule has 3 unspecified atom stereocenters. The summed E-state index contributed by atoms with van der Waals surface area (Å²) in [7, 11) is -2.88. The molecule has 1 N–H and O–H groups in total. The molecule has 0 aliphatic heterocycles. The fraction of sp³-hybridized carbons (Fsp3) is 0.571. The molecule has 0 saturated heterocycles. The van der Waals surface area contributed by atoms with Crippen molar-refractivity contribution in [3.8, 4) is 0 Å². The number of hydrogen-bond donors (Lipinski definition) is 1. The van der Waals surface area contributed by atoms with Gasteiger partial charge in [0.05, 0.1) is 5.75 Å². The van der Waals surface area contributed by atoms with Crippen LogP contribution in [0.1, 0.15) is 31.7 Å². The van der Waals surface area contributed by atoms with Gasteiger partial charge in [-0.2, -0.15) is 0 Å². The monoisotopic (exact) mass is 267 g/mol. The van der Waals surface area contributed by atoms with E-state index in [1.165, 1.54) is 5.56 Å². The third-order valence-corrected chi connectivity index (χ3v) is 5.35. The number of nitrogens with one attached hydrogen (secondary N) is 1. The molecule has 0 spiro atoms. The summed E-state index contributed by atoms with van der Waals surface area (Å²) in [6, 6.07) is 10.9. The maximum Gasteiger partial charge on any atom is 0.151 e. The van der Waals surface area contributed by atoms with Gasteiger partial charge < -0.3 is 5.32 Å². The molecule has 18 heavy (non-hydrogen) atoms. The van der Waals surface area contributed by atoms with E-state index in [0.29, 0.717) is 12.0 Å². The van der Waals surface area contributed by atoms with Crippen LogP contribution in [0, 0.1) is 0 Å². The van der Waals surface area contributed by atoms with Crippen molar-refractivity contribution in [2.45, 2.75) is 38.3 Å². The van der Waals surface area contributed by atoms with Crippen molar-refractivity contribution in [2.24, 2.45) is 0 Å². The van der Waals surface area contributed by atoms with Crippen LogP contribution in [0.15, 0.2) is 30.3 Å². The van der Waals surface area contributed by atoms with E-state index >= 15 is 0 Å². The van der Waals surface area contributed by atoms with E-state index in [-0.39, 0.29) is 17.5 Å². The summed E-state index contributed by atoms with van der Waals surface area (Å²) in [5, 5.41) is 3.41. The third-order valence-electron chi connectivity index (χ3n) is 3.46. The lowest BCUT2D eigenvalue weighted by Gasteiger charge is -2.13. The summed E-state index contributed by atoms with van der Waals surface area (Å²) in [4.78, 5) is 0. The quantitative estimate of drug-likeness (QED) is 0.857. The van der Waals surface area contributed by atoms with Gasteiger partial charge in [-0.25, -0.2) is 8.42 Å². The van der Waals surface area contributed by atoms with E-state index in [4.69, 9.17) is 0 Å². The maximum atomic E-state index is 11.5. The molecule has 1 aromatic carbocycles. The van der Waals surface area contributed by atoms with E-state index in [9.17, 15) is 8.42 Å². The molecule has 1 aromatic rings. The molecule has 100 valence electrons. The highest BCUT2D eigenvalue weighted by molar-refractivity contribution is 7.91. The van der Waals surface area contributed by atoms with Crippen molar-refractivity contribution >= 4 is 9.84 Å². The fourth-order valence-electron chi connectivity index (χ4n) is 2.36. The minimum absolute atomic E-state index is 0.0358. The Kier molecular flexibility index (Phi) is 4.07. The minimum atomic E-state index is -2.88. The summed E-state index contributed by atoms with van der Waals surface area (Å²) in [6.45, 7) is 3.65. The predicted octanol–water partition coefficient (Wildman–Crippen LogP) is 1.96. The zero-order chi connectivity index (χ0) is 13.2. The average molecular weight is 267 g/mol. The highest BCUT2D eigenvalue weighted by atomic mass is 32.2. The van der Waals surface area contributed by atoms with Crippen molar-refractivity contribution in [1.29, 1.82) is 0 Å². The maximum absolute atomic E-state index is 11.5. The lowest BCUT2D eigenvalue weighted by molar-refractivity contribution is 0.551. The molecule has 1 fully saturated rings. The summed E-state index contributed by atoms with van der Waals surface area (Å²) in [6.07, 6.45) is 1.11. The Morgan fingerprint density at radius 1 is 1.33 bits per heavy atom. The highest BCUT2D eigenvalue weighted by Crippen LogP contribution is 2.40. The third kappa shape index (κ3) is 3.56. The summed E-state index contributed by atoms with van der Waals surface area (Å²) < 4.78 is 23.0. The molecule has 2 rings (SSSR count). The first-order valence-electron chi connectivity index (χ1n) is 6.53. The topological polar surface area (TPSA) is 46.2 Å². The van der Waals surface area contributed by atoms with Gasteiger partial charge >= 0.3 is 0 Å². The molecule has 0 radical (unpaired) electrons. The molecule has 3 atom stereocenters. The smallest absolute Gasteiger partial charge is 0.151 e. The van der Waals surface area contributed by atoms with Gasteiger partial charge in [0.1, 0.15) is 0 Å². The van der Waals surface area contributed by atoms with Crippen LogP contribution < -0.4 is 5.32 Å². The van der Waals surface area contributed by atoms with Crippen molar-refractivity contribution in [3.63, 3.8) is 0 Å². The van der Waals surface area contributed by atoms with Crippen LogP contribution in [0.5, 0.6) is 0 Å². The second-order valence-corrected chi connectivity index (χ2v) is 7.52. The van der Waals surface area contributed by atoms with E-state index in [1.807, 2.05) is 13.0 Å². The van der Waals surface area contributed by atoms with Gasteiger partial charge in [-0.3, -0.25) is 0 Å². The summed E-state index contributed by atoms with van der Waals surface area (Å²) in [5.74, 6) is 1.02. The number of rotatable bonds is 6. The van der Waals surface area contributed by atoms with Gasteiger partial charge in [0.25, 0.3) is 0 Å². The van der Waals surface area contributed by atoms with Crippen molar-refractivity contribution in [1.82, 2.24) is 5.32 Å². The van der Waals surface area contributed by atoms with Crippen LogP contribution >= 0.6 is 0 Å². The molecule has 3 nitrogen and oxygen atoms in total. The van der Waals surface area contributed by atoms with Gasteiger partial charge in [-0.1, -0.05) is 37.3 Å². The average Bonchev–Trinajstić information content (AvgIpc) is 3.08. The normalized spacial score (nSPS) is 24.8. The van der Waals surface area contributed by atoms with E-state index in [1.54, 1.807) is 6.92 Å². The molecule has 1 saturated carbocycles. The molecule has 0 aromatic heterocycles. The van der Waals surface area contributed by atoms with E-state index < -0.39 is 9.84 Å². The Balaban J connectivity index is 1.83. The Hall–Kier alpha value is -0.870. The SMILES string of the molecule is CCS(=O)(=O)CC(C)NC1CC1c1ccccc1. The lowest BCUT2D eigenvalue weighted by Crippen LogP contribution is -2.35. The summed E-state index contributed by atoms with van der Waals surface area (Å²) in [5.41, 5.74) is 1.35. The number of benzene rings is 1. The van der Waals surface area contributed by atoms with Crippen LogP contribution in [-0.4, -0.2) is 32.0 Å². The molecular formula is C14H21NO2S. The van der Waals surface area contributed by atoms with Gasteiger partial charge in [0, 0.05) is 23.8 Å². The van der Waals surface area contributed by atoms with E-state index in [2.05, 4.69) is 29.6 Å². The molecule has 0 amide bonds. The Morgan fingerprint density at radius 3 is 2.61 bits per heavy atom. The standard InChI is InChI=1S/C14H21NO2S/c1-3-18(16,17)10-11(2)15-14-9-13(14)12-7-5-4-6-8-12/h4-8,11,13-15H,3,9-10H2,1-2H3. The Morgan fingerprint density at radius 2 is 2.00 bits per heavy atom. The van der Waals surface area contributed by atoms with Crippen molar-refractivity contribution in [2.75, 3.05) is 11.5 Å². The first-order valence-corrected chi connectivity index (χ1v) is 8.35. The second-order valence-electron chi connectivity index (χ2n) is 5.13. The molecule has 0 bridgehead atoms. The zero-order valence-electron chi connectivity index (χ0n) is 11.0. The Bertz CT molecular complexity index is 484. The van der Waals surface area contributed by atoms with Gasteiger partial charge in [0.2, 0.25) is 0 Å². The van der Waals surface area contributed by atoms with Crippen molar-refractivity contribution in [3.05, 3.63) is 35.9 Å². The molecule has 0 heterocycles. The molecule has 4 heteroatoms. The van der Waals surface area contributed by atoms with Gasteiger partial charge in [0.15, 0.2) is 9.84 Å². The Labute approximate surface area is 110 Å². The minimum Gasteiger partial charge on any atom is -0.310 e. The van der Waals surface area contributed by atoms with Gasteiger partial charge in [-0.05, 0) is 18.9 Å². The predicted molar refractivity (Wildman–Crippen MR) is 74.5 cm³/mol. The first kappa shape index (κ1) is 13.6. The van der Waals surface area contributed by atoms with Crippen LogP contribution in [0.4, 0.5) is 0 Å². The second kappa shape index (κ2) is 5.41. The summed E-state index contributed by atoms with van der Waals surface area (Å²) >= 11 is 0. The molecule has 1 aliphatic carbocycles. The fourth-order valence-corrected chi connectivity index (χ4v) is 3.45. The van der Waals surface area contributed by atoms with Gasteiger partial charge in [-0.15, -0.1) is 0 Å². The van der Waals surface area contributed by atoms with Crippen LogP contribution in [0.25, 0.3) is 0 Å². The largest absolute Gasteiger partial charge is 0.310 e. The lowest BCUT2D eigenvalue weighted by atomic mass is 10.1. The molecule has 1 aliphatic rings. The van der Waals surface area contributed by atoms with Crippen LogP contribution in [0.2, 0.25) is 0 Å². The zero-order valence-corrected chi connectivity index (χ0v) is 11.8. The first-order chi connectivity index (χ1) is 8.52. The van der Waals surface area contributed by atoms with Crippen molar-refractivity contribution < 1.29 is 8.42 Å². The number of sulfone groups is 1. The van der Waals surface area contributed by atoms with Crippen LogP contribution in [-0.2, 0) is 9.84 Å². The highest BCUT2D eigenvalue weighted by Gasteiger charge is 2.38. The number of hydrogen-bond acceptors (Lipinski definition) is 3.